The molecule has 0 saturated carbocycles. The summed E-state index contributed by atoms with van der Waals surface area (Å²) in [6.45, 7) is 8.32. The molecule has 1 saturated heterocycles. The quantitative estimate of drug-likeness (QED) is 0.656. The van der Waals surface area contributed by atoms with Crippen molar-refractivity contribution in [1.82, 2.24) is 14.8 Å². The molecule has 0 bridgehead atoms. The Morgan fingerprint density at radius 1 is 1.32 bits per heavy atom. The van der Waals surface area contributed by atoms with Crippen molar-refractivity contribution in [2.75, 3.05) is 7.05 Å². The summed E-state index contributed by atoms with van der Waals surface area (Å²) >= 11 is 0. The van der Waals surface area contributed by atoms with Gasteiger partial charge in [0.05, 0.1) is 4.92 Å². The molecule has 1 fully saturated rings. The van der Waals surface area contributed by atoms with E-state index in [1.807, 2.05) is 0 Å². The van der Waals surface area contributed by atoms with Crippen molar-refractivity contribution in [3.63, 3.8) is 0 Å². The van der Waals surface area contributed by atoms with Crippen LogP contribution in [-0.2, 0) is 11.3 Å². The van der Waals surface area contributed by atoms with E-state index in [0.29, 0.717) is 0 Å². The minimum absolute atomic E-state index is 0.0110. The van der Waals surface area contributed by atoms with Crippen molar-refractivity contribution in [2.45, 2.75) is 64.2 Å². The van der Waals surface area contributed by atoms with E-state index >= 15 is 0 Å². The zero-order valence-corrected chi connectivity index (χ0v) is 15.4. The number of carbonyl (C=O) groups excluding carboxylic acids is 1. The number of likely N-dealkylation sites (tertiary alicyclic amines) is 1. The van der Waals surface area contributed by atoms with Crippen LogP contribution in [0, 0.1) is 10.1 Å². The highest BCUT2D eigenvalue weighted by Crippen LogP contribution is 2.36. The number of piperidine rings is 1. The summed E-state index contributed by atoms with van der Waals surface area (Å²) in [7, 11) is 2.08. The average Bonchev–Trinajstić information content (AvgIpc) is 2.46. The van der Waals surface area contributed by atoms with Crippen LogP contribution in [0.2, 0.25) is 0 Å². The number of pyridine rings is 1. The highest BCUT2D eigenvalue weighted by atomic mass is 16.6. The lowest BCUT2D eigenvalue weighted by atomic mass is 9.77. The summed E-state index contributed by atoms with van der Waals surface area (Å²) in [5.74, 6) is -0.316. The van der Waals surface area contributed by atoms with Crippen LogP contribution >= 0.6 is 0 Å². The Morgan fingerprint density at radius 2 is 1.88 bits per heavy atom. The van der Waals surface area contributed by atoms with Crippen molar-refractivity contribution >= 4 is 11.6 Å². The van der Waals surface area contributed by atoms with E-state index in [0.717, 1.165) is 23.5 Å². The predicted octanol–water partition coefficient (Wildman–Crippen LogP) is 1.52. The lowest BCUT2D eigenvalue weighted by Crippen LogP contribution is -2.62. The SMILES string of the molecule is CN1C(C)(C)CC(NC(=O)Cn2cccc([N+](=O)[O-])c2=O)CC1(C)C. The third kappa shape index (κ3) is 4.07. The van der Waals surface area contributed by atoms with E-state index in [4.69, 9.17) is 0 Å². The number of carbonyl (C=O) groups is 1. The van der Waals surface area contributed by atoms with Gasteiger partial charge < -0.3 is 9.88 Å². The molecule has 0 spiro atoms. The molecule has 25 heavy (non-hydrogen) atoms. The van der Waals surface area contributed by atoms with Crippen LogP contribution in [0.4, 0.5) is 5.69 Å². The molecule has 1 N–H and O–H groups in total. The molecule has 1 aliphatic rings. The lowest BCUT2D eigenvalue weighted by molar-refractivity contribution is -0.386. The van der Waals surface area contributed by atoms with Gasteiger partial charge in [0.15, 0.2) is 0 Å². The minimum Gasteiger partial charge on any atom is -0.352 e. The topological polar surface area (TPSA) is 97.5 Å². The Bertz CT molecular complexity index is 720. The van der Waals surface area contributed by atoms with Crippen molar-refractivity contribution in [1.29, 1.82) is 0 Å². The molecule has 0 unspecified atom stereocenters. The normalized spacial score (nSPS) is 20.2. The highest BCUT2D eigenvalue weighted by molar-refractivity contribution is 5.76. The number of hydrogen-bond acceptors (Lipinski definition) is 5. The Morgan fingerprint density at radius 3 is 2.40 bits per heavy atom. The zero-order chi connectivity index (χ0) is 19.0. The van der Waals surface area contributed by atoms with Crippen LogP contribution < -0.4 is 10.9 Å². The van der Waals surface area contributed by atoms with Gasteiger partial charge in [0, 0.05) is 29.4 Å². The first-order valence-corrected chi connectivity index (χ1v) is 8.31. The molecule has 0 atom stereocenters. The van der Waals surface area contributed by atoms with Crippen molar-refractivity contribution in [3.8, 4) is 0 Å². The first-order chi connectivity index (χ1) is 11.4. The van der Waals surface area contributed by atoms with Crippen LogP contribution in [0.5, 0.6) is 0 Å². The molecule has 1 amide bonds. The number of nitrogens with zero attached hydrogens (tertiary/aromatic N) is 3. The van der Waals surface area contributed by atoms with E-state index in [2.05, 4.69) is 45.0 Å². The molecule has 2 rings (SSSR count). The summed E-state index contributed by atoms with van der Waals surface area (Å²) < 4.78 is 1.07. The van der Waals surface area contributed by atoms with Crippen LogP contribution in [0.15, 0.2) is 23.1 Å². The molecular formula is C17H26N4O4. The van der Waals surface area contributed by atoms with E-state index in [9.17, 15) is 19.7 Å². The van der Waals surface area contributed by atoms with E-state index in [1.165, 1.54) is 12.3 Å². The van der Waals surface area contributed by atoms with Gasteiger partial charge in [-0.05, 0) is 53.7 Å². The third-order valence-corrected chi connectivity index (χ3v) is 5.18. The summed E-state index contributed by atoms with van der Waals surface area (Å²) in [4.78, 5) is 36.8. The summed E-state index contributed by atoms with van der Waals surface area (Å²) in [6.07, 6.45) is 2.97. The zero-order valence-electron chi connectivity index (χ0n) is 15.4. The summed E-state index contributed by atoms with van der Waals surface area (Å²) in [5.41, 5.74) is -1.44. The van der Waals surface area contributed by atoms with Gasteiger partial charge in [-0.3, -0.25) is 24.6 Å². The molecule has 0 radical (unpaired) electrons. The number of amides is 1. The average molecular weight is 350 g/mol. The molecule has 138 valence electrons. The molecule has 0 aliphatic carbocycles. The van der Waals surface area contributed by atoms with Gasteiger partial charge in [-0.15, -0.1) is 0 Å². The van der Waals surface area contributed by atoms with Gasteiger partial charge in [0.1, 0.15) is 6.54 Å². The van der Waals surface area contributed by atoms with Crippen LogP contribution in [-0.4, -0.2) is 44.5 Å². The first kappa shape index (κ1) is 19.1. The number of aromatic nitrogens is 1. The molecule has 8 heteroatoms. The van der Waals surface area contributed by atoms with Gasteiger partial charge in [0.2, 0.25) is 5.91 Å². The van der Waals surface area contributed by atoms with E-state index in [1.54, 1.807) is 0 Å². The molecule has 1 aromatic rings. The predicted molar refractivity (Wildman–Crippen MR) is 94.4 cm³/mol. The smallest absolute Gasteiger partial charge is 0.334 e. The fourth-order valence-electron chi connectivity index (χ4n) is 3.69. The second kappa shape index (κ2) is 6.59. The monoisotopic (exact) mass is 350 g/mol. The van der Waals surface area contributed by atoms with Crippen molar-refractivity contribution in [2.24, 2.45) is 0 Å². The number of nitro groups is 1. The van der Waals surface area contributed by atoms with Gasteiger partial charge in [0.25, 0.3) is 0 Å². The summed E-state index contributed by atoms with van der Waals surface area (Å²) in [6, 6.07) is 2.52. The highest BCUT2D eigenvalue weighted by Gasteiger charge is 2.43. The Labute approximate surface area is 147 Å². The van der Waals surface area contributed by atoms with Gasteiger partial charge in [-0.2, -0.15) is 0 Å². The Hall–Kier alpha value is -2.22. The Balaban J connectivity index is 2.10. The van der Waals surface area contributed by atoms with Crippen LogP contribution in [0.1, 0.15) is 40.5 Å². The molecular weight excluding hydrogens is 324 g/mol. The second-order valence-electron chi connectivity index (χ2n) is 7.94. The molecule has 1 aliphatic heterocycles. The second-order valence-corrected chi connectivity index (χ2v) is 7.94. The van der Waals surface area contributed by atoms with Crippen LogP contribution in [0.3, 0.4) is 0 Å². The fraction of sp³-hybridized carbons (Fsp3) is 0.647. The van der Waals surface area contributed by atoms with E-state index < -0.39 is 16.2 Å². The maximum Gasteiger partial charge on any atom is 0.334 e. The summed E-state index contributed by atoms with van der Waals surface area (Å²) in [5, 5.41) is 13.8. The fourth-order valence-corrected chi connectivity index (χ4v) is 3.69. The third-order valence-electron chi connectivity index (χ3n) is 5.18. The van der Waals surface area contributed by atoms with Gasteiger partial charge in [-0.1, -0.05) is 0 Å². The van der Waals surface area contributed by atoms with Crippen molar-refractivity contribution in [3.05, 3.63) is 38.8 Å². The maximum absolute atomic E-state index is 12.4. The Kier molecular flexibility index (Phi) is 5.04. The minimum atomic E-state index is -0.772. The maximum atomic E-state index is 12.4. The number of rotatable bonds is 4. The molecule has 1 aromatic heterocycles. The van der Waals surface area contributed by atoms with Crippen LogP contribution in [0.25, 0.3) is 0 Å². The van der Waals surface area contributed by atoms with Crippen molar-refractivity contribution < 1.29 is 9.72 Å². The van der Waals surface area contributed by atoms with Gasteiger partial charge >= 0.3 is 11.2 Å². The van der Waals surface area contributed by atoms with E-state index in [-0.39, 0.29) is 29.6 Å². The molecule has 2 heterocycles. The molecule has 0 aromatic carbocycles. The molecule has 8 nitrogen and oxygen atoms in total. The lowest BCUT2D eigenvalue weighted by Gasteiger charge is -2.53. The number of hydrogen-bond donors (Lipinski definition) is 1. The largest absolute Gasteiger partial charge is 0.352 e. The van der Waals surface area contributed by atoms with Gasteiger partial charge in [-0.25, -0.2) is 0 Å². The number of nitrogens with one attached hydrogen (secondary N) is 1. The standard InChI is InChI=1S/C17H26N4O4/c1-16(2)9-12(10-17(3,4)19(16)5)18-14(22)11-20-8-6-7-13(15(20)23)21(24)25/h6-8,12H,9-11H2,1-5H3,(H,18,22). The first-order valence-electron chi connectivity index (χ1n) is 8.31.